The van der Waals surface area contributed by atoms with Crippen LogP contribution in [-0.2, 0) is 16.1 Å². The molecule has 1 aromatic carbocycles. The number of carbonyl (C=O) groups is 2. The Hall–Kier alpha value is -2.94. The molecule has 0 aliphatic carbocycles. The first kappa shape index (κ1) is 19.4. The molecule has 2 amide bonds. The number of nitrogens with zero attached hydrogens (tertiary/aromatic N) is 5. The highest BCUT2D eigenvalue weighted by atomic mass is 16.2. The van der Waals surface area contributed by atoms with Crippen LogP contribution in [0.5, 0.6) is 0 Å². The molecule has 2 N–H and O–H groups in total. The van der Waals surface area contributed by atoms with Crippen LogP contribution in [0.15, 0.2) is 24.3 Å². The summed E-state index contributed by atoms with van der Waals surface area (Å²) in [5.41, 5.74) is 7.69. The molecule has 8 nitrogen and oxygen atoms in total. The van der Waals surface area contributed by atoms with Crippen LogP contribution in [-0.4, -0.2) is 70.3 Å². The molecule has 0 saturated carbocycles. The van der Waals surface area contributed by atoms with E-state index >= 15 is 0 Å². The van der Waals surface area contributed by atoms with Crippen molar-refractivity contribution in [3.8, 4) is 12.1 Å². The minimum Gasteiger partial charge on any atom is -0.333 e. The highest BCUT2D eigenvalue weighted by Gasteiger charge is 2.50. The Balaban J connectivity index is 1.36. The number of benzene rings is 1. The molecule has 2 bridgehead atoms. The molecule has 0 spiro atoms. The van der Waals surface area contributed by atoms with Crippen LogP contribution in [0.3, 0.4) is 0 Å². The van der Waals surface area contributed by atoms with Gasteiger partial charge in [0.2, 0.25) is 11.8 Å². The highest BCUT2D eigenvalue weighted by molar-refractivity contribution is 5.86. The fourth-order valence-electron chi connectivity index (χ4n) is 4.79. The molecule has 29 heavy (non-hydrogen) atoms. The zero-order valence-corrected chi connectivity index (χ0v) is 16.2. The Kier molecular flexibility index (Phi) is 5.23. The zero-order valence-electron chi connectivity index (χ0n) is 16.2. The van der Waals surface area contributed by atoms with Crippen molar-refractivity contribution < 1.29 is 9.59 Å². The van der Waals surface area contributed by atoms with Crippen LogP contribution in [0.25, 0.3) is 0 Å². The smallest absolute Gasteiger partial charge is 0.241 e. The molecule has 3 heterocycles. The largest absolute Gasteiger partial charge is 0.333 e. The average Bonchev–Trinajstić information content (AvgIpc) is 3.44. The summed E-state index contributed by atoms with van der Waals surface area (Å²) < 4.78 is 0. The number of hydrogen-bond donors (Lipinski definition) is 1. The summed E-state index contributed by atoms with van der Waals surface area (Å²) in [5, 5.41) is 18.2. The number of piperazine rings is 1. The van der Waals surface area contributed by atoms with E-state index in [0.717, 1.165) is 18.4 Å². The van der Waals surface area contributed by atoms with E-state index in [1.54, 1.807) is 11.0 Å². The topological polar surface area (TPSA) is 117 Å². The lowest BCUT2D eigenvalue weighted by Gasteiger charge is -2.35. The number of amides is 2. The van der Waals surface area contributed by atoms with Crippen molar-refractivity contribution >= 4 is 11.8 Å². The van der Waals surface area contributed by atoms with Crippen molar-refractivity contribution in [2.24, 2.45) is 5.73 Å². The number of hydrogen-bond acceptors (Lipinski definition) is 6. The van der Waals surface area contributed by atoms with Gasteiger partial charge in [0.05, 0.1) is 29.8 Å². The van der Waals surface area contributed by atoms with Crippen molar-refractivity contribution in [1.82, 2.24) is 14.7 Å². The van der Waals surface area contributed by atoms with E-state index in [2.05, 4.69) is 12.1 Å². The van der Waals surface area contributed by atoms with Gasteiger partial charge >= 0.3 is 0 Å². The van der Waals surface area contributed by atoms with Crippen LogP contribution in [0.4, 0.5) is 0 Å². The van der Waals surface area contributed by atoms with E-state index in [4.69, 9.17) is 11.0 Å². The third-order valence-electron chi connectivity index (χ3n) is 6.23. The van der Waals surface area contributed by atoms with Crippen LogP contribution in [0.1, 0.15) is 30.4 Å². The quantitative estimate of drug-likeness (QED) is 0.764. The Labute approximate surface area is 170 Å². The predicted octanol–water partition coefficient (Wildman–Crippen LogP) is 0.185. The molecule has 3 fully saturated rings. The monoisotopic (exact) mass is 392 g/mol. The van der Waals surface area contributed by atoms with E-state index in [0.29, 0.717) is 38.2 Å². The Morgan fingerprint density at radius 2 is 2.17 bits per heavy atom. The number of nitrogens with two attached hydrogens (primary N) is 1. The van der Waals surface area contributed by atoms with Crippen molar-refractivity contribution in [2.75, 3.05) is 19.6 Å². The molecule has 1 unspecified atom stereocenters. The summed E-state index contributed by atoms with van der Waals surface area (Å²) in [5.74, 6) is -0.145. The van der Waals surface area contributed by atoms with E-state index < -0.39 is 6.04 Å². The van der Waals surface area contributed by atoms with E-state index in [1.165, 1.54) is 0 Å². The third kappa shape index (κ3) is 3.57. The fraction of sp³-hybridized carbons (Fsp3) is 0.524. The molecule has 0 radical (unpaired) electrons. The van der Waals surface area contributed by atoms with Gasteiger partial charge in [-0.1, -0.05) is 12.1 Å². The summed E-state index contributed by atoms with van der Waals surface area (Å²) in [6.07, 6.45) is 2.26. The first-order chi connectivity index (χ1) is 14.0. The second kappa shape index (κ2) is 7.82. The maximum absolute atomic E-state index is 12.9. The molecule has 1 aromatic rings. The highest BCUT2D eigenvalue weighted by Crippen LogP contribution is 2.33. The lowest BCUT2D eigenvalue weighted by molar-refractivity contribution is -0.139. The minimum atomic E-state index is -0.725. The lowest BCUT2D eigenvalue weighted by Crippen LogP contribution is -2.56. The molecule has 3 aliphatic rings. The maximum Gasteiger partial charge on any atom is 0.241 e. The molecule has 0 aromatic heterocycles. The normalized spacial score (nSPS) is 27.1. The van der Waals surface area contributed by atoms with E-state index in [1.807, 2.05) is 28.0 Å². The van der Waals surface area contributed by atoms with Crippen LogP contribution < -0.4 is 5.73 Å². The van der Waals surface area contributed by atoms with Gasteiger partial charge in [-0.15, -0.1) is 0 Å². The van der Waals surface area contributed by atoms with Crippen LogP contribution in [0, 0.1) is 22.7 Å². The number of rotatable bonds is 5. The summed E-state index contributed by atoms with van der Waals surface area (Å²) in [6.45, 7) is 2.09. The molecular formula is C21H24N6O2. The van der Waals surface area contributed by atoms with Gasteiger partial charge in [-0.25, -0.2) is 0 Å². The number of carbonyl (C=O) groups excluding carboxylic acids is 2. The van der Waals surface area contributed by atoms with Gasteiger partial charge in [0.1, 0.15) is 6.04 Å². The fourth-order valence-corrected chi connectivity index (χ4v) is 4.79. The predicted molar refractivity (Wildman–Crippen MR) is 104 cm³/mol. The average molecular weight is 392 g/mol. The van der Waals surface area contributed by atoms with Crippen molar-refractivity contribution in [2.45, 2.75) is 50.0 Å². The van der Waals surface area contributed by atoms with Crippen LogP contribution >= 0.6 is 0 Å². The molecule has 3 saturated heterocycles. The van der Waals surface area contributed by atoms with Crippen LogP contribution in [0.2, 0.25) is 0 Å². The van der Waals surface area contributed by atoms with Gasteiger partial charge in [0.25, 0.3) is 0 Å². The molecular weight excluding hydrogens is 368 g/mol. The molecule has 8 heteroatoms. The number of fused-ring (bicyclic) bond motifs is 2. The van der Waals surface area contributed by atoms with Gasteiger partial charge in [-0.2, -0.15) is 10.5 Å². The molecule has 4 atom stereocenters. The molecule has 4 rings (SSSR count). The summed E-state index contributed by atoms with van der Waals surface area (Å²) in [4.78, 5) is 31.0. The Morgan fingerprint density at radius 1 is 1.34 bits per heavy atom. The summed E-state index contributed by atoms with van der Waals surface area (Å²) in [7, 11) is 0. The van der Waals surface area contributed by atoms with Gasteiger partial charge in [0.15, 0.2) is 0 Å². The van der Waals surface area contributed by atoms with Gasteiger partial charge in [0, 0.05) is 32.2 Å². The number of likely N-dealkylation sites (tertiary alicyclic amines) is 3. The number of nitriles is 2. The third-order valence-corrected chi connectivity index (χ3v) is 6.23. The SMILES string of the molecule is N#Cc1cccc(CN2C(=O)[C@@H]3CC2CN3C[C@H](N)C(=O)N2CCC[C@H]2C#N)c1. The summed E-state index contributed by atoms with van der Waals surface area (Å²) in [6, 6.07) is 10.4. The zero-order chi connectivity index (χ0) is 20.5. The van der Waals surface area contributed by atoms with Gasteiger partial charge < -0.3 is 15.5 Å². The first-order valence-electron chi connectivity index (χ1n) is 10.0. The minimum absolute atomic E-state index is 0.0549. The van der Waals surface area contributed by atoms with Gasteiger partial charge in [-0.05, 0) is 37.0 Å². The second-order valence-electron chi connectivity index (χ2n) is 8.06. The maximum atomic E-state index is 12.9. The Bertz CT molecular complexity index is 903. The first-order valence-corrected chi connectivity index (χ1v) is 10.0. The standard InChI is InChI=1S/C21H24N6O2/c22-9-14-3-1-4-15(7-14)11-27-17-8-19(21(27)29)25(12-17)13-18(24)20(28)26-6-2-5-16(26)10-23/h1,3-4,7,16-19H,2,5-6,8,11-13,24H2/t16-,17?,18-,19-/m0/s1. The summed E-state index contributed by atoms with van der Waals surface area (Å²) >= 11 is 0. The van der Waals surface area contributed by atoms with Crippen molar-refractivity contribution in [1.29, 1.82) is 10.5 Å². The van der Waals surface area contributed by atoms with Crippen molar-refractivity contribution in [3.05, 3.63) is 35.4 Å². The molecule has 150 valence electrons. The van der Waals surface area contributed by atoms with Gasteiger partial charge in [-0.3, -0.25) is 14.5 Å². The van der Waals surface area contributed by atoms with E-state index in [-0.39, 0.29) is 29.9 Å². The van der Waals surface area contributed by atoms with E-state index in [9.17, 15) is 14.9 Å². The Morgan fingerprint density at radius 3 is 2.90 bits per heavy atom. The second-order valence-corrected chi connectivity index (χ2v) is 8.06. The lowest BCUT2D eigenvalue weighted by atomic mass is 10.1. The van der Waals surface area contributed by atoms with Crippen molar-refractivity contribution in [3.63, 3.8) is 0 Å². The molecule has 3 aliphatic heterocycles.